The van der Waals surface area contributed by atoms with Crippen LogP contribution in [0.5, 0.6) is 0 Å². The smallest absolute Gasteiger partial charge is 0.219 e. The van der Waals surface area contributed by atoms with Crippen LogP contribution in [0.1, 0.15) is 24.5 Å². The van der Waals surface area contributed by atoms with Gasteiger partial charge in [-0.2, -0.15) is 0 Å². The van der Waals surface area contributed by atoms with Gasteiger partial charge in [-0.05, 0) is 24.0 Å². The van der Waals surface area contributed by atoms with Crippen molar-refractivity contribution in [2.45, 2.75) is 18.9 Å². The van der Waals surface area contributed by atoms with Gasteiger partial charge < -0.3 is 10.5 Å². The molecule has 0 amide bonds. The Labute approximate surface area is 123 Å². The van der Waals surface area contributed by atoms with Crippen LogP contribution in [0, 0.1) is 5.41 Å². The van der Waals surface area contributed by atoms with E-state index in [2.05, 4.69) is 9.97 Å². The van der Waals surface area contributed by atoms with E-state index in [9.17, 15) is 4.39 Å². The monoisotopic (exact) mass is 287 g/mol. The number of nitrogens with zero attached hydrogens (tertiary/aromatic N) is 2. The Bertz CT molecular complexity index is 608. The van der Waals surface area contributed by atoms with Gasteiger partial charge in [0, 0.05) is 30.5 Å². The minimum absolute atomic E-state index is 0.181. The van der Waals surface area contributed by atoms with Crippen LogP contribution in [0.15, 0.2) is 36.7 Å². The molecule has 1 heterocycles. The van der Waals surface area contributed by atoms with Crippen molar-refractivity contribution in [3.63, 3.8) is 0 Å². The summed E-state index contributed by atoms with van der Waals surface area (Å²) < 4.78 is 18.8. The highest BCUT2D eigenvalue weighted by molar-refractivity contribution is 5.62. The Morgan fingerprint density at radius 2 is 1.81 bits per heavy atom. The van der Waals surface area contributed by atoms with Crippen LogP contribution in [-0.2, 0) is 4.74 Å². The Balaban J connectivity index is 1.85. The van der Waals surface area contributed by atoms with Crippen LogP contribution in [0.2, 0.25) is 0 Å². The van der Waals surface area contributed by atoms with Gasteiger partial charge in [-0.3, -0.25) is 4.39 Å². The van der Waals surface area contributed by atoms with Gasteiger partial charge in [-0.1, -0.05) is 24.3 Å². The maximum Gasteiger partial charge on any atom is 0.219 e. The highest BCUT2D eigenvalue weighted by Gasteiger charge is 2.50. The van der Waals surface area contributed by atoms with Gasteiger partial charge in [0.25, 0.3) is 0 Å². The molecule has 1 aromatic carbocycles. The van der Waals surface area contributed by atoms with Crippen molar-refractivity contribution in [2.24, 2.45) is 5.41 Å². The van der Waals surface area contributed by atoms with E-state index in [0.717, 1.165) is 29.5 Å². The summed E-state index contributed by atoms with van der Waals surface area (Å²) in [7, 11) is 1.64. The first-order chi connectivity index (χ1) is 10.2. The number of anilines is 1. The minimum Gasteiger partial charge on any atom is -0.376 e. The second-order valence-corrected chi connectivity index (χ2v) is 5.56. The first kappa shape index (κ1) is 13.9. The van der Waals surface area contributed by atoms with E-state index >= 15 is 0 Å². The summed E-state index contributed by atoms with van der Waals surface area (Å²) in [6.45, 7) is -0.334. The van der Waals surface area contributed by atoms with Gasteiger partial charge in [0.15, 0.2) is 0 Å². The Morgan fingerprint density at radius 3 is 2.29 bits per heavy atom. The molecule has 1 aliphatic rings. The van der Waals surface area contributed by atoms with E-state index in [0.29, 0.717) is 0 Å². The molecule has 4 nitrogen and oxygen atoms in total. The van der Waals surface area contributed by atoms with Crippen molar-refractivity contribution in [2.75, 3.05) is 19.5 Å². The summed E-state index contributed by atoms with van der Waals surface area (Å²) in [4.78, 5) is 7.97. The second kappa shape index (κ2) is 5.41. The number of methoxy groups -OCH3 is 1. The lowest BCUT2D eigenvalue weighted by Gasteiger charge is -2.23. The lowest BCUT2D eigenvalue weighted by atomic mass is 9.92. The first-order valence-electron chi connectivity index (χ1n) is 6.95. The molecule has 2 aromatic rings. The van der Waals surface area contributed by atoms with Crippen LogP contribution in [-0.4, -0.2) is 23.8 Å². The third-order valence-electron chi connectivity index (χ3n) is 4.17. The van der Waals surface area contributed by atoms with Gasteiger partial charge in [-0.25, -0.2) is 9.97 Å². The largest absolute Gasteiger partial charge is 0.376 e. The van der Waals surface area contributed by atoms with E-state index in [4.69, 9.17) is 10.5 Å². The van der Waals surface area contributed by atoms with Crippen LogP contribution >= 0.6 is 0 Å². The Morgan fingerprint density at radius 1 is 1.19 bits per heavy atom. The molecule has 0 radical (unpaired) electrons. The van der Waals surface area contributed by atoms with E-state index in [1.807, 2.05) is 24.3 Å². The molecular formula is C16H18FN3O. The summed E-state index contributed by atoms with van der Waals surface area (Å²) in [5.41, 5.74) is 8.07. The molecule has 2 N–H and O–H groups in total. The Hall–Kier alpha value is -2.01. The van der Waals surface area contributed by atoms with E-state index in [1.54, 1.807) is 19.5 Å². The number of nitrogen functional groups attached to an aromatic ring is 1. The maximum absolute atomic E-state index is 13.2. The Kier molecular flexibility index (Phi) is 3.59. The molecule has 0 unspecified atom stereocenters. The van der Waals surface area contributed by atoms with Crippen LogP contribution in [0.3, 0.4) is 0 Å². The summed E-state index contributed by atoms with van der Waals surface area (Å²) in [5.74, 6) is 0.258. The number of aromatic nitrogens is 2. The van der Waals surface area contributed by atoms with Gasteiger partial charge in [0.1, 0.15) is 0 Å². The molecule has 1 atom stereocenters. The molecule has 0 bridgehead atoms. The lowest BCUT2D eigenvalue weighted by Crippen LogP contribution is -2.18. The van der Waals surface area contributed by atoms with E-state index < -0.39 is 0 Å². The van der Waals surface area contributed by atoms with Gasteiger partial charge in [0.2, 0.25) is 5.95 Å². The molecule has 0 spiro atoms. The molecule has 3 rings (SSSR count). The van der Waals surface area contributed by atoms with Crippen LogP contribution in [0.25, 0.3) is 11.1 Å². The van der Waals surface area contributed by atoms with Crippen molar-refractivity contribution < 1.29 is 9.13 Å². The highest BCUT2D eigenvalue weighted by Crippen LogP contribution is 2.56. The zero-order valence-electron chi connectivity index (χ0n) is 11.9. The molecule has 1 saturated carbocycles. The fourth-order valence-corrected chi connectivity index (χ4v) is 2.70. The molecule has 110 valence electrons. The quantitative estimate of drug-likeness (QED) is 0.917. The average molecular weight is 287 g/mol. The highest BCUT2D eigenvalue weighted by atomic mass is 19.1. The fourth-order valence-electron chi connectivity index (χ4n) is 2.70. The van der Waals surface area contributed by atoms with Crippen LogP contribution in [0.4, 0.5) is 10.3 Å². The van der Waals surface area contributed by atoms with Crippen molar-refractivity contribution in [1.29, 1.82) is 0 Å². The predicted octanol–water partition coefficient (Wildman–Crippen LogP) is 3.16. The minimum atomic E-state index is -0.334. The zero-order valence-corrected chi connectivity index (χ0v) is 11.9. The SMILES string of the molecule is CO[C@H](c1ccc(-c2cnc(N)nc2)cc1)C1(CF)CC1. The number of hydrogen-bond acceptors (Lipinski definition) is 4. The van der Waals surface area contributed by atoms with Crippen molar-refractivity contribution >= 4 is 5.95 Å². The number of halogens is 1. The van der Waals surface area contributed by atoms with Crippen molar-refractivity contribution in [3.05, 3.63) is 42.2 Å². The summed E-state index contributed by atoms with van der Waals surface area (Å²) >= 11 is 0. The normalized spacial score (nSPS) is 17.4. The topological polar surface area (TPSA) is 61.0 Å². The predicted molar refractivity (Wildman–Crippen MR) is 79.3 cm³/mol. The van der Waals surface area contributed by atoms with Gasteiger partial charge in [-0.15, -0.1) is 0 Å². The number of benzene rings is 1. The molecule has 5 heteroatoms. The lowest BCUT2D eigenvalue weighted by molar-refractivity contribution is 0.0271. The zero-order chi connectivity index (χ0) is 14.9. The molecule has 1 aromatic heterocycles. The van der Waals surface area contributed by atoms with E-state index in [1.165, 1.54) is 0 Å². The third-order valence-corrected chi connectivity index (χ3v) is 4.17. The second-order valence-electron chi connectivity index (χ2n) is 5.56. The summed E-state index contributed by atoms with van der Waals surface area (Å²) in [6, 6.07) is 7.92. The molecule has 21 heavy (non-hydrogen) atoms. The standard InChI is InChI=1S/C16H18FN3O/c1-21-14(16(10-17)6-7-16)12-4-2-11(3-5-12)13-8-19-15(18)20-9-13/h2-5,8-9,14H,6-7,10H2,1H3,(H2,18,19,20)/t14-/m1/s1. The van der Waals surface area contributed by atoms with Crippen molar-refractivity contribution in [1.82, 2.24) is 9.97 Å². The number of hydrogen-bond donors (Lipinski definition) is 1. The molecule has 0 saturated heterocycles. The number of nitrogens with two attached hydrogens (primary N) is 1. The van der Waals surface area contributed by atoms with Gasteiger partial charge >= 0.3 is 0 Å². The fraction of sp³-hybridized carbons (Fsp3) is 0.375. The third kappa shape index (κ3) is 2.61. The number of rotatable bonds is 5. The molecule has 0 aliphatic heterocycles. The average Bonchev–Trinajstić information content (AvgIpc) is 3.31. The molecule has 1 aliphatic carbocycles. The van der Waals surface area contributed by atoms with Gasteiger partial charge in [0.05, 0.1) is 12.8 Å². The van der Waals surface area contributed by atoms with Crippen molar-refractivity contribution in [3.8, 4) is 11.1 Å². The molecular weight excluding hydrogens is 269 g/mol. The summed E-state index contributed by atoms with van der Waals surface area (Å²) in [5, 5.41) is 0. The first-order valence-corrected chi connectivity index (χ1v) is 6.95. The van der Waals surface area contributed by atoms with E-state index in [-0.39, 0.29) is 24.1 Å². The van der Waals surface area contributed by atoms with Crippen LogP contribution < -0.4 is 5.73 Å². The number of alkyl halides is 1. The number of ether oxygens (including phenoxy) is 1. The maximum atomic E-state index is 13.2. The molecule has 1 fully saturated rings. The summed E-state index contributed by atoms with van der Waals surface area (Å²) in [6.07, 6.45) is 4.97.